The molecule has 1 saturated carbocycles. The largest absolute Gasteiger partial charge is 0.449 e. The molecule has 4 heteroatoms. The van der Waals surface area contributed by atoms with Gasteiger partial charge in [-0.25, -0.2) is 4.79 Å². The average molecular weight is 303 g/mol. The summed E-state index contributed by atoms with van der Waals surface area (Å²) in [6, 6.07) is 8.90. The Kier molecular flexibility index (Phi) is 5.58. The minimum Gasteiger partial charge on any atom is -0.449 e. The van der Waals surface area contributed by atoms with Gasteiger partial charge < -0.3 is 10.1 Å². The molecule has 2 rings (SSSR count). The number of esters is 1. The van der Waals surface area contributed by atoms with Crippen LogP contribution >= 0.6 is 0 Å². The molecule has 0 unspecified atom stereocenters. The van der Waals surface area contributed by atoms with E-state index in [9.17, 15) is 9.59 Å². The lowest BCUT2D eigenvalue weighted by Gasteiger charge is -2.35. The molecule has 0 spiro atoms. The van der Waals surface area contributed by atoms with Crippen LogP contribution in [0.4, 0.5) is 0 Å². The molecule has 1 aromatic carbocycles. The Morgan fingerprint density at radius 2 is 1.86 bits per heavy atom. The number of rotatable bonds is 4. The van der Waals surface area contributed by atoms with Crippen LogP contribution in [-0.4, -0.2) is 24.0 Å². The molecule has 4 atom stereocenters. The molecule has 120 valence electrons. The number of benzene rings is 1. The van der Waals surface area contributed by atoms with E-state index in [1.807, 2.05) is 6.07 Å². The van der Waals surface area contributed by atoms with E-state index in [4.69, 9.17) is 4.74 Å². The van der Waals surface area contributed by atoms with Crippen molar-refractivity contribution in [2.45, 2.75) is 52.2 Å². The fourth-order valence-electron chi connectivity index (χ4n) is 2.94. The maximum Gasteiger partial charge on any atom is 0.338 e. The lowest BCUT2D eigenvalue weighted by molar-refractivity contribution is -0.130. The molecular weight excluding hydrogens is 278 g/mol. The first-order chi connectivity index (χ1) is 10.5. The molecule has 22 heavy (non-hydrogen) atoms. The third-order valence-corrected chi connectivity index (χ3v) is 4.70. The van der Waals surface area contributed by atoms with Gasteiger partial charge in [-0.1, -0.05) is 44.9 Å². The summed E-state index contributed by atoms with van der Waals surface area (Å²) in [5, 5.41) is 3.04. The normalized spacial score (nSPS) is 26.0. The number of ether oxygens (including phenoxy) is 1. The molecule has 1 N–H and O–H groups in total. The first-order valence-electron chi connectivity index (χ1n) is 8.05. The van der Waals surface area contributed by atoms with Crippen LogP contribution < -0.4 is 5.32 Å². The summed E-state index contributed by atoms with van der Waals surface area (Å²) in [6.45, 7) is 6.02. The smallest absolute Gasteiger partial charge is 0.338 e. The van der Waals surface area contributed by atoms with Crippen LogP contribution in [0.1, 0.15) is 50.4 Å². The maximum absolute atomic E-state index is 12.2. The fourth-order valence-corrected chi connectivity index (χ4v) is 2.94. The summed E-state index contributed by atoms with van der Waals surface area (Å²) < 4.78 is 5.25. The molecular formula is C18H25NO3. The first-order valence-corrected chi connectivity index (χ1v) is 8.05. The van der Waals surface area contributed by atoms with E-state index >= 15 is 0 Å². The van der Waals surface area contributed by atoms with E-state index in [1.54, 1.807) is 31.2 Å². The van der Waals surface area contributed by atoms with Crippen molar-refractivity contribution in [1.29, 1.82) is 0 Å². The molecule has 0 aromatic heterocycles. The van der Waals surface area contributed by atoms with Crippen LogP contribution in [0.5, 0.6) is 0 Å². The zero-order valence-electron chi connectivity index (χ0n) is 13.5. The second kappa shape index (κ2) is 7.43. The standard InChI is InChI=1S/C18H25NO3/c1-12-8-7-11-16(13(12)2)19-17(20)14(3)22-18(21)15-9-5-4-6-10-15/h4-6,9-10,12-14,16H,7-8,11H2,1-3H3,(H,19,20)/t12-,13+,14+,16-/m0/s1. The predicted octanol–water partition coefficient (Wildman–Crippen LogP) is 3.17. The van der Waals surface area contributed by atoms with Crippen LogP contribution in [0.15, 0.2) is 30.3 Å². The van der Waals surface area contributed by atoms with Crippen LogP contribution in [0, 0.1) is 11.8 Å². The Balaban J connectivity index is 1.88. The Hall–Kier alpha value is -1.84. The monoisotopic (exact) mass is 303 g/mol. The Morgan fingerprint density at radius 3 is 2.55 bits per heavy atom. The highest BCUT2D eigenvalue weighted by Crippen LogP contribution is 2.29. The van der Waals surface area contributed by atoms with Gasteiger partial charge in [0, 0.05) is 6.04 Å². The number of hydrogen-bond acceptors (Lipinski definition) is 3. The molecule has 1 aromatic rings. The number of carbonyl (C=O) groups excluding carboxylic acids is 2. The van der Waals surface area contributed by atoms with Gasteiger partial charge in [0.05, 0.1) is 5.56 Å². The van der Waals surface area contributed by atoms with Gasteiger partial charge in [-0.2, -0.15) is 0 Å². The highest BCUT2D eigenvalue weighted by atomic mass is 16.5. The average Bonchev–Trinajstić information content (AvgIpc) is 2.52. The van der Waals surface area contributed by atoms with Crippen molar-refractivity contribution in [2.24, 2.45) is 11.8 Å². The number of carbonyl (C=O) groups is 2. The third kappa shape index (κ3) is 4.09. The number of amides is 1. The summed E-state index contributed by atoms with van der Waals surface area (Å²) in [4.78, 5) is 24.2. The van der Waals surface area contributed by atoms with Gasteiger partial charge in [0.1, 0.15) is 0 Å². The van der Waals surface area contributed by atoms with E-state index in [0.29, 0.717) is 17.4 Å². The Bertz CT molecular complexity index is 514. The molecule has 0 saturated heterocycles. The summed E-state index contributed by atoms with van der Waals surface area (Å²) in [5.74, 6) is 0.388. The van der Waals surface area contributed by atoms with Gasteiger partial charge in [0.2, 0.25) is 0 Å². The zero-order valence-corrected chi connectivity index (χ0v) is 13.5. The molecule has 1 amide bonds. The Labute approximate surface area is 132 Å². The fraction of sp³-hybridized carbons (Fsp3) is 0.556. The minimum absolute atomic E-state index is 0.175. The first kappa shape index (κ1) is 16.5. The van der Waals surface area contributed by atoms with E-state index in [1.165, 1.54) is 6.42 Å². The predicted molar refractivity (Wildman–Crippen MR) is 85.4 cm³/mol. The summed E-state index contributed by atoms with van der Waals surface area (Å²) >= 11 is 0. The highest BCUT2D eigenvalue weighted by molar-refractivity contribution is 5.92. The summed E-state index contributed by atoms with van der Waals surface area (Å²) in [7, 11) is 0. The highest BCUT2D eigenvalue weighted by Gasteiger charge is 2.30. The topological polar surface area (TPSA) is 55.4 Å². The van der Waals surface area contributed by atoms with Crippen LogP contribution in [0.2, 0.25) is 0 Å². The second-order valence-corrected chi connectivity index (χ2v) is 6.30. The van der Waals surface area contributed by atoms with Gasteiger partial charge in [-0.15, -0.1) is 0 Å². The van der Waals surface area contributed by atoms with Crippen molar-refractivity contribution in [3.05, 3.63) is 35.9 Å². The van der Waals surface area contributed by atoms with E-state index in [2.05, 4.69) is 19.2 Å². The third-order valence-electron chi connectivity index (χ3n) is 4.70. The maximum atomic E-state index is 12.2. The molecule has 0 heterocycles. The molecule has 0 radical (unpaired) electrons. The summed E-state index contributed by atoms with van der Waals surface area (Å²) in [6.07, 6.45) is 2.56. The van der Waals surface area contributed by atoms with Crippen molar-refractivity contribution in [1.82, 2.24) is 5.32 Å². The summed E-state index contributed by atoms with van der Waals surface area (Å²) in [5.41, 5.74) is 0.460. The zero-order chi connectivity index (χ0) is 16.1. The van der Waals surface area contributed by atoms with Crippen molar-refractivity contribution in [3.8, 4) is 0 Å². The van der Waals surface area contributed by atoms with Gasteiger partial charge in [0.25, 0.3) is 5.91 Å². The van der Waals surface area contributed by atoms with Gasteiger partial charge in [0.15, 0.2) is 6.10 Å². The van der Waals surface area contributed by atoms with Gasteiger partial charge >= 0.3 is 5.97 Å². The lowest BCUT2D eigenvalue weighted by Crippen LogP contribution is -2.47. The van der Waals surface area contributed by atoms with Gasteiger partial charge in [-0.05, 0) is 37.3 Å². The van der Waals surface area contributed by atoms with Crippen molar-refractivity contribution < 1.29 is 14.3 Å². The molecule has 0 aliphatic heterocycles. The molecule has 1 fully saturated rings. The van der Waals surface area contributed by atoms with Crippen LogP contribution in [0.25, 0.3) is 0 Å². The molecule has 4 nitrogen and oxygen atoms in total. The second-order valence-electron chi connectivity index (χ2n) is 6.30. The van der Waals surface area contributed by atoms with E-state index in [0.717, 1.165) is 12.8 Å². The molecule has 1 aliphatic rings. The van der Waals surface area contributed by atoms with E-state index < -0.39 is 12.1 Å². The SMILES string of the molecule is C[C@H]1[C@@H](NC(=O)[C@@H](C)OC(=O)c2ccccc2)CCC[C@@H]1C. The van der Waals surface area contributed by atoms with Crippen LogP contribution in [-0.2, 0) is 9.53 Å². The quantitative estimate of drug-likeness (QED) is 0.869. The molecule has 0 bridgehead atoms. The minimum atomic E-state index is -0.780. The van der Waals surface area contributed by atoms with Gasteiger partial charge in [-0.3, -0.25) is 4.79 Å². The van der Waals surface area contributed by atoms with Crippen molar-refractivity contribution >= 4 is 11.9 Å². The number of nitrogens with one attached hydrogen (secondary N) is 1. The lowest BCUT2D eigenvalue weighted by atomic mass is 9.78. The van der Waals surface area contributed by atoms with Crippen LogP contribution in [0.3, 0.4) is 0 Å². The van der Waals surface area contributed by atoms with Crippen molar-refractivity contribution in [2.75, 3.05) is 0 Å². The molecule has 1 aliphatic carbocycles. The number of hydrogen-bond donors (Lipinski definition) is 1. The van der Waals surface area contributed by atoms with Crippen molar-refractivity contribution in [3.63, 3.8) is 0 Å². The van der Waals surface area contributed by atoms with E-state index in [-0.39, 0.29) is 11.9 Å². The Morgan fingerprint density at radius 1 is 1.18 bits per heavy atom.